The van der Waals surface area contributed by atoms with Crippen LogP contribution in [0.1, 0.15) is 19.3 Å². The van der Waals surface area contributed by atoms with Gasteiger partial charge in [0, 0.05) is 25.7 Å². The molecule has 2 aromatic rings. The van der Waals surface area contributed by atoms with Crippen molar-refractivity contribution in [3.8, 4) is 0 Å². The fourth-order valence-corrected chi connectivity index (χ4v) is 2.48. The van der Waals surface area contributed by atoms with E-state index in [0.29, 0.717) is 31.7 Å². The number of halogens is 1. The Bertz CT molecular complexity index is 754. The SMILES string of the molecule is N[C@@H](CCCCNCl)C(=O)NCCNc1ccc([N+](=O)[O-])c2nonc12. The summed E-state index contributed by atoms with van der Waals surface area (Å²) < 4.78 is 4.58. The Balaban J connectivity index is 1.79. The highest BCUT2D eigenvalue weighted by molar-refractivity contribution is 6.13. The highest BCUT2D eigenvalue weighted by Gasteiger charge is 2.19. The third-order valence-electron chi connectivity index (χ3n) is 3.70. The number of nitro groups is 1. The molecule has 0 saturated heterocycles. The first kappa shape index (κ1) is 19.8. The Morgan fingerprint density at radius 3 is 2.77 bits per heavy atom. The standard InChI is InChI=1S/C14H20ClN7O4/c15-19-6-2-1-3-9(16)14(23)18-8-7-17-10-4-5-11(22(24)25)13-12(10)20-26-21-13/h4-5,9,17,19H,1-3,6-8,16H2,(H,18,23)/t9-/m0/s1. The van der Waals surface area contributed by atoms with Gasteiger partial charge in [-0.1, -0.05) is 6.42 Å². The van der Waals surface area contributed by atoms with Crippen molar-refractivity contribution in [3.63, 3.8) is 0 Å². The number of nitro benzene ring substituents is 1. The van der Waals surface area contributed by atoms with Crippen LogP contribution >= 0.6 is 11.8 Å². The van der Waals surface area contributed by atoms with Gasteiger partial charge in [0.15, 0.2) is 5.52 Å². The molecule has 26 heavy (non-hydrogen) atoms. The lowest BCUT2D eigenvalue weighted by atomic mass is 10.1. The number of amides is 1. The van der Waals surface area contributed by atoms with Crippen LogP contribution in [0.5, 0.6) is 0 Å². The Labute approximate surface area is 153 Å². The van der Waals surface area contributed by atoms with Gasteiger partial charge < -0.3 is 16.4 Å². The summed E-state index contributed by atoms with van der Waals surface area (Å²) in [5, 5.41) is 23.9. The Morgan fingerprint density at radius 1 is 1.27 bits per heavy atom. The minimum absolute atomic E-state index is 0.0671. The monoisotopic (exact) mass is 385 g/mol. The van der Waals surface area contributed by atoms with E-state index in [1.165, 1.54) is 12.1 Å². The van der Waals surface area contributed by atoms with E-state index in [1.807, 2.05) is 0 Å². The van der Waals surface area contributed by atoms with Crippen molar-refractivity contribution in [1.82, 2.24) is 20.5 Å². The highest BCUT2D eigenvalue weighted by Crippen LogP contribution is 2.28. The number of unbranched alkanes of at least 4 members (excludes halogenated alkanes) is 1. The van der Waals surface area contributed by atoms with Gasteiger partial charge in [0.2, 0.25) is 11.4 Å². The van der Waals surface area contributed by atoms with E-state index in [2.05, 4.69) is 30.4 Å². The third-order valence-corrected chi connectivity index (χ3v) is 3.89. The number of non-ortho nitro benzene ring substituents is 1. The molecule has 0 saturated carbocycles. The van der Waals surface area contributed by atoms with Crippen LogP contribution < -0.4 is 21.2 Å². The molecule has 1 heterocycles. The van der Waals surface area contributed by atoms with Crippen LogP contribution in [0, 0.1) is 10.1 Å². The van der Waals surface area contributed by atoms with E-state index in [-0.39, 0.29) is 22.6 Å². The fraction of sp³-hybridized carbons (Fsp3) is 0.500. The van der Waals surface area contributed by atoms with Crippen LogP contribution in [-0.4, -0.2) is 46.8 Å². The molecule has 1 atom stereocenters. The molecular formula is C14H20ClN7O4. The average Bonchev–Trinajstić information content (AvgIpc) is 3.11. The molecule has 142 valence electrons. The first-order valence-corrected chi connectivity index (χ1v) is 8.42. The van der Waals surface area contributed by atoms with Crippen molar-refractivity contribution in [2.24, 2.45) is 5.73 Å². The lowest BCUT2D eigenvalue weighted by molar-refractivity contribution is -0.383. The summed E-state index contributed by atoms with van der Waals surface area (Å²) in [6, 6.07) is 2.26. The van der Waals surface area contributed by atoms with E-state index in [9.17, 15) is 14.9 Å². The van der Waals surface area contributed by atoms with Gasteiger partial charge in [-0.15, -0.1) is 0 Å². The first-order chi connectivity index (χ1) is 12.5. The van der Waals surface area contributed by atoms with Crippen molar-refractivity contribution in [2.75, 3.05) is 25.0 Å². The van der Waals surface area contributed by atoms with Crippen LogP contribution in [0.2, 0.25) is 0 Å². The van der Waals surface area contributed by atoms with Crippen molar-refractivity contribution in [3.05, 3.63) is 22.2 Å². The van der Waals surface area contributed by atoms with Gasteiger partial charge in [0.25, 0.3) is 0 Å². The Morgan fingerprint density at radius 2 is 2.04 bits per heavy atom. The number of nitrogens with zero attached hydrogens (tertiary/aromatic N) is 3. The number of aromatic nitrogens is 2. The maximum absolute atomic E-state index is 11.9. The van der Waals surface area contributed by atoms with Gasteiger partial charge in [-0.05, 0) is 41.0 Å². The van der Waals surface area contributed by atoms with E-state index in [4.69, 9.17) is 17.5 Å². The van der Waals surface area contributed by atoms with Crippen molar-refractivity contribution in [2.45, 2.75) is 25.3 Å². The largest absolute Gasteiger partial charge is 0.381 e. The molecule has 0 aliphatic heterocycles. The van der Waals surface area contributed by atoms with Gasteiger partial charge in [-0.2, -0.15) is 0 Å². The number of benzene rings is 1. The summed E-state index contributed by atoms with van der Waals surface area (Å²) in [7, 11) is 0. The lowest BCUT2D eigenvalue weighted by Gasteiger charge is -2.12. The number of rotatable bonds is 11. The lowest BCUT2D eigenvalue weighted by Crippen LogP contribution is -2.42. The van der Waals surface area contributed by atoms with Gasteiger partial charge in [-0.3, -0.25) is 14.9 Å². The zero-order chi connectivity index (χ0) is 18.9. The van der Waals surface area contributed by atoms with Gasteiger partial charge in [0.05, 0.1) is 16.7 Å². The molecule has 5 N–H and O–H groups in total. The summed E-state index contributed by atoms with van der Waals surface area (Å²) in [4.78, 5) is 24.8. The molecule has 1 aromatic carbocycles. The predicted octanol–water partition coefficient (Wildman–Crippen LogP) is 0.900. The summed E-state index contributed by atoms with van der Waals surface area (Å²) in [6.45, 7) is 1.38. The predicted molar refractivity (Wildman–Crippen MR) is 95.6 cm³/mol. The number of anilines is 1. The second-order valence-corrected chi connectivity index (χ2v) is 5.82. The minimum Gasteiger partial charge on any atom is -0.381 e. The topological polar surface area (TPSA) is 161 Å². The van der Waals surface area contributed by atoms with Crippen LogP contribution in [0.3, 0.4) is 0 Å². The van der Waals surface area contributed by atoms with Crippen molar-refractivity contribution in [1.29, 1.82) is 0 Å². The zero-order valence-corrected chi connectivity index (χ0v) is 14.7. The molecule has 0 bridgehead atoms. The normalized spacial score (nSPS) is 12.1. The van der Waals surface area contributed by atoms with Crippen LogP contribution in [-0.2, 0) is 4.79 Å². The molecule has 1 aromatic heterocycles. The molecule has 12 heteroatoms. The number of nitrogens with two attached hydrogens (primary N) is 1. The van der Waals surface area contributed by atoms with Crippen LogP contribution in [0.4, 0.5) is 11.4 Å². The molecule has 0 fully saturated rings. The molecule has 0 spiro atoms. The van der Waals surface area contributed by atoms with Crippen LogP contribution in [0.25, 0.3) is 11.0 Å². The molecule has 0 unspecified atom stereocenters. The smallest absolute Gasteiger partial charge is 0.300 e. The van der Waals surface area contributed by atoms with E-state index < -0.39 is 11.0 Å². The molecule has 11 nitrogen and oxygen atoms in total. The van der Waals surface area contributed by atoms with E-state index >= 15 is 0 Å². The number of hydrogen-bond acceptors (Lipinski definition) is 9. The van der Waals surface area contributed by atoms with Gasteiger partial charge in [-0.25, -0.2) is 9.46 Å². The Kier molecular flexibility index (Phi) is 7.51. The number of hydrogen-bond donors (Lipinski definition) is 4. The maximum Gasteiger partial charge on any atom is 0.300 e. The van der Waals surface area contributed by atoms with Gasteiger partial charge in [0.1, 0.15) is 0 Å². The maximum atomic E-state index is 11.9. The number of nitrogens with one attached hydrogen (secondary N) is 3. The first-order valence-electron chi connectivity index (χ1n) is 8.05. The molecule has 0 aliphatic rings. The summed E-state index contributed by atoms with van der Waals surface area (Å²) in [5.41, 5.74) is 6.49. The quantitative estimate of drug-likeness (QED) is 0.190. The van der Waals surface area contributed by atoms with Gasteiger partial charge >= 0.3 is 5.69 Å². The third kappa shape index (κ3) is 5.25. The minimum atomic E-state index is -0.573. The molecule has 1 amide bonds. The van der Waals surface area contributed by atoms with E-state index in [1.54, 1.807) is 0 Å². The number of fused-ring (bicyclic) bond motifs is 1. The van der Waals surface area contributed by atoms with E-state index in [0.717, 1.165) is 12.8 Å². The second-order valence-electron chi connectivity index (χ2n) is 5.55. The number of carbonyl (C=O) groups is 1. The molecule has 2 rings (SSSR count). The summed E-state index contributed by atoms with van der Waals surface area (Å²) >= 11 is 5.35. The number of carbonyl (C=O) groups excluding carboxylic acids is 1. The Hall–Kier alpha value is -2.50. The zero-order valence-electron chi connectivity index (χ0n) is 13.9. The van der Waals surface area contributed by atoms with Crippen molar-refractivity contribution < 1.29 is 14.3 Å². The van der Waals surface area contributed by atoms with Crippen LogP contribution in [0.15, 0.2) is 16.8 Å². The molecular weight excluding hydrogens is 366 g/mol. The highest BCUT2D eigenvalue weighted by atomic mass is 35.5. The van der Waals surface area contributed by atoms with Crippen molar-refractivity contribution >= 4 is 40.1 Å². The average molecular weight is 386 g/mol. The second kappa shape index (κ2) is 9.85. The summed E-state index contributed by atoms with van der Waals surface area (Å²) in [6.07, 6.45) is 2.21. The summed E-state index contributed by atoms with van der Waals surface area (Å²) in [5.74, 6) is -0.234. The fourth-order valence-electron chi connectivity index (χ4n) is 2.34. The molecule has 0 radical (unpaired) electrons. The molecule has 0 aliphatic carbocycles.